The maximum absolute atomic E-state index is 12.0. The van der Waals surface area contributed by atoms with Gasteiger partial charge in [0.2, 0.25) is 0 Å². The fourth-order valence-electron chi connectivity index (χ4n) is 2.19. The number of benzene rings is 1. The molecule has 26 heavy (non-hydrogen) atoms. The summed E-state index contributed by atoms with van der Waals surface area (Å²) in [5, 5.41) is 16.4. The Morgan fingerprint density at radius 3 is 2.54 bits per heavy atom. The minimum atomic E-state index is -0.434. The Morgan fingerprint density at radius 2 is 2.04 bits per heavy atom. The van der Waals surface area contributed by atoms with E-state index in [1.807, 2.05) is 36.7 Å². The number of hydrogen-bond donors (Lipinski definition) is 2. The number of rotatable bonds is 4. The Labute approximate surface area is 157 Å². The first-order valence-electron chi connectivity index (χ1n) is 8.25. The van der Waals surface area contributed by atoms with Gasteiger partial charge < -0.3 is 5.73 Å². The zero-order chi connectivity index (χ0) is 19.1. The lowest BCUT2D eigenvalue weighted by atomic mass is 10.2. The second-order valence-corrected chi connectivity index (χ2v) is 6.84. The van der Waals surface area contributed by atoms with E-state index in [4.69, 9.17) is 5.73 Å². The topological polar surface area (TPSA) is 84.4 Å². The predicted octanol–water partition coefficient (Wildman–Crippen LogP) is 3.32. The van der Waals surface area contributed by atoms with Crippen molar-refractivity contribution in [2.75, 3.05) is 6.54 Å². The van der Waals surface area contributed by atoms with Crippen LogP contribution in [0.5, 0.6) is 0 Å². The number of hydroxylamine groups is 2. The van der Waals surface area contributed by atoms with Crippen LogP contribution in [-0.2, 0) is 7.05 Å². The highest BCUT2D eigenvalue weighted by molar-refractivity contribution is 7.12. The molecule has 6 nitrogen and oxygen atoms in total. The SMILES string of the molecule is CC(CN)N(O)C(=O)c1cc(-c2ccnn2C)cs1.Cc1ccccc1. The molecule has 0 aliphatic rings. The van der Waals surface area contributed by atoms with Crippen LogP contribution in [0.1, 0.15) is 22.2 Å². The quantitative estimate of drug-likeness (QED) is 0.543. The van der Waals surface area contributed by atoms with Gasteiger partial charge in [-0.3, -0.25) is 14.7 Å². The number of nitrogens with two attached hydrogens (primary N) is 1. The van der Waals surface area contributed by atoms with Gasteiger partial charge in [-0.15, -0.1) is 11.3 Å². The van der Waals surface area contributed by atoms with Crippen molar-refractivity contribution < 1.29 is 10.0 Å². The third-order valence-electron chi connectivity index (χ3n) is 3.83. The molecule has 0 saturated heterocycles. The first-order valence-corrected chi connectivity index (χ1v) is 9.13. The normalized spacial score (nSPS) is 11.4. The number of amides is 1. The Hall–Kier alpha value is -2.48. The summed E-state index contributed by atoms with van der Waals surface area (Å²) in [5.74, 6) is -0.434. The maximum Gasteiger partial charge on any atom is 0.287 e. The lowest BCUT2D eigenvalue weighted by Gasteiger charge is -2.20. The first kappa shape index (κ1) is 19.8. The van der Waals surface area contributed by atoms with Crippen LogP contribution in [0.15, 0.2) is 54.0 Å². The molecule has 0 radical (unpaired) electrons. The van der Waals surface area contributed by atoms with Crippen molar-refractivity contribution in [3.8, 4) is 11.3 Å². The Kier molecular flexibility index (Phi) is 7.08. The van der Waals surface area contributed by atoms with Crippen molar-refractivity contribution in [1.29, 1.82) is 0 Å². The van der Waals surface area contributed by atoms with E-state index in [9.17, 15) is 10.0 Å². The van der Waals surface area contributed by atoms with Gasteiger partial charge in [-0.1, -0.05) is 35.9 Å². The van der Waals surface area contributed by atoms with E-state index in [0.717, 1.165) is 11.3 Å². The van der Waals surface area contributed by atoms with Crippen molar-refractivity contribution in [2.45, 2.75) is 19.9 Å². The van der Waals surface area contributed by atoms with Crippen LogP contribution in [-0.4, -0.2) is 38.5 Å². The van der Waals surface area contributed by atoms with E-state index in [1.165, 1.54) is 16.9 Å². The average Bonchev–Trinajstić information content (AvgIpc) is 3.29. The highest BCUT2D eigenvalue weighted by Crippen LogP contribution is 2.26. The van der Waals surface area contributed by atoms with Crippen LogP contribution in [0, 0.1) is 6.92 Å². The van der Waals surface area contributed by atoms with E-state index in [2.05, 4.69) is 24.2 Å². The minimum absolute atomic E-state index is 0.211. The van der Waals surface area contributed by atoms with Gasteiger partial charge in [0.05, 0.1) is 16.6 Å². The van der Waals surface area contributed by atoms with Gasteiger partial charge in [0, 0.05) is 30.7 Å². The highest BCUT2D eigenvalue weighted by atomic mass is 32.1. The zero-order valence-electron chi connectivity index (χ0n) is 15.2. The molecule has 1 atom stereocenters. The molecule has 3 N–H and O–H groups in total. The van der Waals surface area contributed by atoms with Crippen molar-refractivity contribution in [2.24, 2.45) is 12.8 Å². The molecule has 1 aromatic carbocycles. The molecule has 3 rings (SSSR count). The number of carbonyl (C=O) groups is 1. The van der Waals surface area contributed by atoms with Crippen LogP contribution in [0.2, 0.25) is 0 Å². The number of carbonyl (C=O) groups excluding carboxylic acids is 1. The molecule has 2 aromatic heterocycles. The summed E-state index contributed by atoms with van der Waals surface area (Å²) < 4.78 is 1.73. The Morgan fingerprint density at radius 1 is 1.35 bits per heavy atom. The Bertz CT molecular complexity index is 829. The van der Waals surface area contributed by atoms with Crippen molar-refractivity contribution in [3.05, 3.63) is 64.5 Å². The van der Waals surface area contributed by atoms with E-state index >= 15 is 0 Å². The van der Waals surface area contributed by atoms with Crippen LogP contribution in [0.3, 0.4) is 0 Å². The second kappa shape index (κ2) is 9.28. The van der Waals surface area contributed by atoms with Crippen LogP contribution < -0.4 is 5.73 Å². The van der Waals surface area contributed by atoms with Gasteiger partial charge in [-0.2, -0.15) is 5.10 Å². The van der Waals surface area contributed by atoms with Crippen molar-refractivity contribution >= 4 is 17.2 Å². The third kappa shape index (κ3) is 5.01. The lowest BCUT2D eigenvalue weighted by Crippen LogP contribution is -2.39. The molecular formula is C19H24N4O2S. The fourth-order valence-corrected chi connectivity index (χ4v) is 3.02. The smallest absolute Gasteiger partial charge is 0.287 e. The Balaban J connectivity index is 0.000000290. The molecule has 0 saturated carbocycles. The minimum Gasteiger partial charge on any atom is -0.328 e. The van der Waals surface area contributed by atoms with Crippen molar-refractivity contribution in [1.82, 2.24) is 14.8 Å². The van der Waals surface area contributed by atoms with E-state index in [1.54, 1.807) is 23.9 Å². The van der Waals surface area contributed by atoms with Crippen LogP contribution >= 0.6 is 11.3 Å². The molecule has 0 bridgehead atoms. The zero-order valence-corrected chi connectivity index (χ0v) is 16.0. The molecule has 138 valence electrons. The third-order valence-corrected chi connectivity index (χ3v) is 4.75. The molecule has 1 unspecified atom stereocenters. The maximum atomic E-state index is 12.0. The van der Waals surface area contributed by atoms with Crippen LogP contribution in [0.4, 0.5) is 0 Å². The largest absolute Gasteiger partial charge is 0.328 e. The van der Waals surface area contributed by atoms with Gasteiger partial charge in [0.25, 0.3) is 5.91 Å². The van der Waals surface area contributed by atoms with Gasteiger partial charge in [0.15, 0.2) is 0 Å². The molecule has 2 heterocycles. The summed E-state index contributed by atoms with van der Waals surface area (Å²) in [5.41, 5.74) is 8.58. The van der Waals surface area contributed by atoms with Gasteiger partial charge in [0.1, 0.15) is 0 Å². The van der Waals surface area contributed by atoms with Crippen LogP contribution in [0.25, 0.3) is 11.3 Å². The average molecular weight is 372 g/mol. The van der Waals surface area contributed by atoms with Gasteiger partial charge >= 0.3 is 0 Å². The molecule has 0 fully saturated rings. The van der Waals surface area contributed by atoms with Crippen molar-refractivity contribution in [3.63, 3.8) is 0 Å². The monoisotopic (exact) mass is 372 g/mol. The van der Waals surface area contributed by atoms with Gasteiger partial charge in [-0.25, -0.2) is 5.06 Å². The number of aryl methyl sites for hydroxylation is 2. The number of aromatic nitrogens is 2. The molecule has 0 spiro atoms. The number of hydrogen-bond acceptors (Lipinski definition) is 5. The molecule has 0 aliphatic carbocycles. The summed E-state index contributed by atoms with van der Waals surface area (Å²) in [6.07, 6.45) is 1.70. The first-order chi connectivity index (χ1) is 12.4. The molecule has 1 amide bonds. The molecule has 0 aliphatic heterocycles. The second-order valence-electron chi connectivity index (χ2n) is 5.93. The fraction of sp³-hybridized carbons (Fsp3) is 0.263. The summed E-state index contributed by atoms with van der Waals surface area (Å²) in [4.78, 5) is 12.5. The molecule has 7 heteroatoms. The highest BCUT2D eigenvalue weighted by Gasteiger charge is 2.20. The molecular weight excluding hydrogens is 348 g/mol. The summed E-state index contributed by atoms with van der Waals surface area (Å²) in [6.45, 7) is 3.98. The summed E-state index contributed by atoms with van der Waals surface area (Å²) >= 11 is 1.29. The standard InChI is InChI=1S/C12H16N4O2S.C7H8/c1-8(6-13)16(18)12(17)11-5-9(7-19-11)10-3-4-14-15(10)2;1-7-5-3-2-4-6-7/h3-5,7-8,18H,6,13H2,1-2H3;2-6H,1H3. The van der Waals surface area contributed by atoms with Gasteiger partial charge in [-0.05, 0) is 26.0 Å². The lowest BCUT2D eigenvalue weighted by molar-refractivity contribution is -0.0812. The van der Waals surface area contributed by atoms with E-state index in [0.29, 0.717) is 9.94 Å². The van der Waals surface area contributed by atoms with E-state index in [-0.39, 0.29) is 6.54 Å². The number of thiophene rings is 1. The van der Waals surface area contributed by atoms with E-state index < -0.39 is 11.9 Å². The summed E-state index contributed by atoms with van der Waals surface area (Å²) in [7, 11) is 1.84. The predicted molar refractivity (Wildman–Crippen MR) is 104 cm³/mol. The number of nitrogens with zero attached hydrogens (tertiary/aromatic N) is 3. The summed E-state index contributed by atoms with van der Waals surface area (Å²) in [6, 6.07) is 13.5. The molecule has 3 aromatic rings.